The number of fused-ring (bicyclic) bond motifs is 4. The standard InChI is InChI=1S/C28H38O9/c1-14-11-27(34,37-22(31)15(14)2)19-13-36-28(35)12-18-16(17-7-9-25(19,32)24(17,28)4)10-21(30)26(33)8-5-6-20(29)23(18,26)3/h5-6,16-19,21,30,32-35H,7-13H2,1-4H3. The van der Waals surface area contributed by atoms with Crippen molar-refractivity contribution >= 4 is 11.8 Å². The summed E-state index contributed by atoms with van der Waals surface area (Å²) >= 11 is 0. The third-order valence-corrected chi connectivity index (χ3v) is 12.1. The molecular formula is C28H38O9. The van der Waals surface area contributed by atoms with Crippen LogP contribution in [0, 0.1) is 34.5 Å². The number of allylic oxidation sites excluding steroid dienone is 1. The highest BCUT2D eigenvalue weighted by Crippen LogP contribution is 2.74. The molecule has 0 amide bonds. The molecule has 11 unspecified atom stereocenters. The molecule has 5 N–H and O–H groups in total. The van der Waals surface area contributed by atoms with E-state index < -0.39 is 57.5 Å². The first kappa shape index (κ1) is 25.6. The molecule has 2 heterocycles. The number of ether oxygens (including phenoxy) is 2. The number of esters is 1. The van der Waals surface area contributed by atoms with E-state index >= 15 is 0 Å². The first-order valence-electron chi connectivity index (χ1n) is 13.4. The van der Waals surface area contributed by atoms with Crippen molar-refractivity contribution in [1.29, 1.82) is 0 Å². The number of rotatable bonds is 1. The predicted molar refractivity (Wildman–Crippen MR) is 128 cm³/mol. The quantitative estimate of drug-likeness (QED) is 0.321. The molecule has 1 saturated heterocycles. The van der Waals surface area contributed by atoms with E-state index in [1.807, 2.05) is 0 Å². The third-order valence-electron chi connectivity index (χ3n) is 12.1. The average Bonchev–Trinajstić information content (AvgIpc) is 3.09. The minimum Gasteiger partial charge on any atom is -0.429 e. The van der Waals surface area contributed by atoms with Crippen LogP contribution in [0.3, 0.4) is 0 Å². The van der Waals surface area contributed by atoms with Gasteiger partial charge in [-0.2, -0.15) is 0 Å². The summed E-state index contributed by atoms with van der Waals surface area (Å²) in [6.45, 7) is 6.57. The van der Waals surface area contributed by atoms with Crippen LogP contribution in [0.4, 0.5) is 0 Å². The summed E-state index contributed by atoms with van der Waals surface area (Å²) in [5.74, 6) is -6.97. The van der Waals surface area contributed by atoms with Crippen LogP contribution in [0.2, 0.25) is 0 Å². The van der Waals surface area contributed by atoms with Crippen LogP contribution in [-0.2, 0) is 19.1 Å². The zero-order valence-electron chi connectivity index (χ0n) is 21.9. The molecule has 0 aromatic carbocycles. The summed E-state index contributed by atoms with van der Waals surface area (Å²) in [6.07, 6.45) is 2.94. The zero-order valence-corrected chi connectivity index (χ0v) is 21.9. The third kappa shape index (κ3) is 2.71. The van der Waals surface area contributed by atoms with Gasteiger partial charge in [-0.15, -0.1) is 0 Å². The van der Waals surface area contributed by atoms with Gasteiger partial charge >= 0.3 is 5.97 Å². The maximum absolute atomic E-state index is 13.3. The lowest BCUT2D eigenvalue weighted by molar-refractivity contribution is -0.420. The molecule has 6 rings (SSSR count). The van der Waals surface area contributed by atoms with Gasteiger partial charge < -0.3 is 35.0 Å². The Balaban J connectivity index is 1.44. The fourth-order valence-electron chi connectivity index (χ4n) is 9.56. The Morgan fingerprint density at radius 3 is 2.41 bits per heavy atom. The monoisotopic (exact) mass is 518 g/mol. The van der Waals surface area contributed by atoms with E-state index in [4.69, 9.17) is 9.47 Å². The van der Waals surface area contributed by atoms with Gasteiger partial charge in [-0.1, -0.05) is 18.6 Å². The Bertz CT molecular complexity index is 1150. The number of carbonyl (C=O) groups is 2. The molecule has 4 aliphatic carbocycles. The summed E-state index contributed by atoms with van der Waals surface area (Å²) in [7, 11) is 0. The van der Waals surface area contributed by atoms with Crippen LogP contribution in [-0.4, -0.2) is 72.8 Å². The van der Waals surface area contributed by atoms with E-state index in [-0.39, 0.29) is 56.3 Å². The second kappa shape index (κ2) is 7.31. The Morgan fingerprint density at radius 1 is 1.03 bits per heavy atom. The molecule has 6 aliphatic rings. The minimum atomic E-state index is -2.01. The van der Waals surface area contributed by atoms with E-state index in [2.05, 4.69) is 0 Å². The number of hydrogen-bond donors (Lipinski definition) is 5. The Hall–Kier alpha value is -1.62. The van der Waals surface area contributed by atoms with Gasteiger partial charge in [-0.25, -0.2) is 4.79 Å². The molecule has 9 heteroatoms. The molecule has 9 nitrogen and oxygen atoms in total. The van der Waals surface area contributed by atoms with Gasteiger partial charge in [0.05, 0.1) is 35.1 Å². The minimum absolute atomic E-state index is 0.0128. The number of aliphatic hydroxyl groups excluding tert-OH is 1. The van der Waals surface area contributed by atoms with Gasteiger partial charge in [0.15, 0.2) is 11.6 Å². The SMILES string of the molecule is CC1=C(C)C(=O)OC(O)(C2COC3(O)CC4C(CC(O)C5(O)CC=CC(=O)C45C)C4CCC2(O)C43C)C1. The zero-order chi connectivity index (χ0) is 27.0. The molecule has 0 spiro atoms. The van der Waals surface area contributed by atoms with E-state index in [9.17, 15) is 35.1 Å². The smallest absolute Gasteiger partial charge is 0.336 e. The molecule has 2 aliphatic heterocycles. The molecule has 0 bridgehead atoms. The second-order valence-corrected chi connectivity index (χ2v) is 13.1. The molecule has 0 aromatic heterocycles. The number of ketones is 1. The van der Waals surface area contributed by atoms with Crippen molar-refractivity contribution < 1.29 is 44.6 Å². The van der Waals surface area contributed by atoms with Crippen molar-refractivity contribution in [2.45, 2.75) is 95.1 Å². The van der Waals surface area contributed by atoms with Crippen LogP contribution in [0.1, 0.15) is 66.2 Å². The Labute approximate surface area is 216 Å². The average molecular weight is 519 g/mol. The highest BCUT2D eigenvalue weighted by molar-refractivity contribution is 5.97. The summed E-state index contributed by atoms with van der Waals surface area (Å²) in [6, 6.07) is 0. The summed E-state index contributed by atoms with van der Waals surface area (Å²) in [5, 5.41) is 59.1. The van der Waals surface area contributed by atoms with Crippen molar-refractivity contribution in [2.75, 3.05) is 6.61 Å². The lowest BCUT2D eigenvalue weighted by Gasteiger charge is -2.69. The van der Waals surface area contributed by atoms with E-state index in [1.54, 1.807) is 33.8 Å². The van der Waals surface area contributed by atoms with E-state index in [0.717, 1.165) is 0 Å². The summed E-state index contributed by atoms with van der Waals surface area (Å²) < 4.78 is 11.7. The van der Waals surface area contributed by atoms with Crippen molar-refractivity contribution in [2.24, 2.45) is 34.5 Å². The van der Waals surface area contributed by atoms with Crippen LogP contribution >= 0.6 is 0 Å². The van der Waals surface area contributed by atoms with Crippen LogP contribution < -0.4 is 0 Å². The topological polar surface area (TPSA) is 154 Å². The van der Waals surface area contributed by atoms with E-state index in [1.165, 1.54) is 6.08 Å². The molecule has 11 atom stereocenters. The second-order valence-electron chi connectivity index (χ2n) is 13.1. The number of carbonyl (C=O) groups excluding carboxylic acids is 2. The molecule has 204 valence electrons. The highest BCUT2D eigenvalue weighted by Gasteiger charge is 2.81. The Morgan fingerprint density at radius 2 is 1.73 bits per heavy atom. The molecular weight excluding hydrogens is 480 g/mol. The lowest BCUT2D eigenvalue weighted by atomic mass is 9.40. The first-order chi connectivity index (χ1) is 17.1. The van der Waals surface area contributed by atoms with E-state index in [0.29, 0.717) is 17.6 Å². The van der Waals surface area contributed by atoms with Crippen LogP contribution in [0.15, 0.2) is 23.3 Å². The van der Waals surface area contributed by atoms with Crippen molar-refractivity contribution in [1.82, 2.24) is 0 Å². The number of cyclic esters (lactones) is 1. The van der Waals surface area contributed by atoms with Gasteiger partial charge in [0, 0.05) is 18.4 Å². The Kier molecular flexibility index (Phi) is 5.07. The highest BCUT2D eigenvalue weighted by atomic mass is 16.7. The van der Waals surface area contributed by atoms with Crippen molar-refractivity contribution in [3.05, 3.63) is 23.3 Å². The molecule has 37 heavy (non-hydrogen) atoms. The molecule has 0 aromatic rings. The maximum Gasteiger partial charge on any atom is 0.336 e. The van der Waals surface area contributed by atoms with Gasteiger partial charge in [-0.05, 0) is 70.3 Å². The summed E-state index contributed by atoms with van der Waals surface area (Å²) in [5.41, 5.74) is -4.84. The van der Waals surface area contributed by atoms with Crippen molar-refractivity contribution in [3.63, 3.8) is 0 Å². The maximum atomic E-state index is 13.3. The fourth-order valence-corrected chi connectivity index (χ4v) is 9.56. The molecule has 0 radical (unpaired) electrons. The van der Waals surface area contributed by atoms with Gasteiger partial charge in [-0.3, -0.25) is 4.79 Å². The summed E-state index contributed by atoms with van der Waals surface area (Å²) in [4.78, 5) is 25.9. The van der Waals surface area contributed by atoms with Crippen molar-refractivity contribution in [3.8, 4) is 0 Å². The van der Waals surface area contributed by atoms with Crippen LogP contribution in [0.25, 0.3) is 0 Å². The predicted octanol–water partition coefficient (Wildman–Crippen LogP) is 1.11. The van der Waals surface area contributed by atoms with Gasteiger partial charge in [0.2, 0.25) is 5.79 Å². The normalized spacial score (nSPS) is 56.9. The molecule has 4 fully saturated rings. The lowest BCUT2D eigenvalue weighted by Crippen LogP contribution is -2.78. The van der Waals surface area contributed by atoms with Gasteiger partial charge in [0.1, 0.15) is 5.60 Å². The van der Waals surface area contributed by atoms with Gasteiger partial charge in [0.25, 0.3) is 0 Å². The fraction of sp³-hybridized carbons (Fsp3) is 0.786. The number of hydrogen-bond acceptors (Lipinski definition) is 9. The largest absolute Gasteiger partial charge is 0.429 e. The molecule has 3 saturated carbocycles. The first-order valence-corrected chi connectivity index (χ1v) is 13.4. The van der Waals surface area contributed by atoms with Crippen LogP contribution in [0.5, 0.6) is 0 Å². The number of aliphatic hydroxyl groups is 5.